The third kappa shape index (κ3) is 17.7. The molecule has 132 valence electrons. The molecule has 0 aromatic rings. The molecule has 0 radical (unpaired) electrons. The second-order valence-corrected chi connectivity index (χ2v) is 12.5. The molecule has 0 spiro atoms. The molecule has 0 aromatic carbocycles. The molecule has 3 heteroatoms. The van der Waals surface area contributed by atoms with Gasteiger partial charge in [0.2, 0.25) is 5.91 Å². The molecule has 22 heavy (non-hydrogen) atoms. The van der Waals surface area contributed by atoms with E-state index in [0.717, 1.165) is 12.8 Å². The first-order valence-corrected chi connectivity index (χ1v) is 13.3. The molecular formula is C19H41NOSi. The van der Waals surface area contributed by atoms with Crippen LogP contribution in [0.1, 0.15) is 96.8 Å². The summed E-state index contributed by atoms with van der Waals surface area (Å²) in [5.41, 5.74) is 0. The van der Waals surface area contributed by atoms with E-state index in [9.17, 15) is 4.79 Å². The summed E-state index contributed by atoms with van der Waals surface area (Å²) in [6.45, 7) is 8.80. The van der Waals surface area contributed by atoms with Crippen LogP contribution in [0.2, 0.25) is 19.6 Å². The summed E-state index contributed by atoms with van der Waals surface area (Å²) in [4.78, 5) is 14.8. The Morgan fingerprint density at radius 1 is 0.682 bits per heavy atom. The quantitative estimate of drug-likeness (QED) is 0.273. The van der Waals surface area contributed by atoms with Gasteiger partial charge >= 0.3 is 0 Å². The van der Waals surface area contributed by atoms with Crippen molar-refractivity contribution in [3.8, 4) is 0 Å². The number of nitrogens with one attached hydrogen (secondary N) is 1. The lowest BCUT2D eigenvalue weighted by molar-refractivity contribution is -0.119. The summed E-state index contributed by atoms with van der Waals surface area (Å²) in [5, 5.41) is 0. The van der Waals surface area contributed by atoms with Crippen molar-refractivity contribution in [2.24, 2.45) is 0 Å². The Morgan fingerprint density at radius 2 is 1.05 bits per heavy atom. The molecule has 0 atom stereocenters. The van der Waals surface area contributed by atoms with E-state index in [1.807, 2.05) is 0 Å². The van der Waals surface area contributed by atoms with Crippen molar-refractivity contribution in [2.45, 2.75) is 116 Å². The third-order valence-corrected chi connectivity index (χ3v) is 5.05. The van der Waals surface area contributed by atoms with E-state index < -0.39 is 8.24 Å². The standard InChI is InChI=1S/C19H41NOSi/c1-5-6-7-8-9-10-11-12-13-14-15-16-17-18-19(21)20-22(2,3)4/h5-18H2,1-4H3,(H,20,21). The highest BCUT2D eigenvalue weighted by Gasteiger charge is 2.15. The first kappa shape index (κ1) is 21.7. The van der Waals surface area contributed by atoms with Crippen LogP contribution in [-0.4, -0.2) is 14.1 Å². The van der Waals surface area contributed by atoms with Crippen LogP contribution in [0.3, 0.4) is 0 Å². The van der Waals surface area contributed by atoms with E-state index in [0.29, 0.717) is 0 Å². The Hall–Kier alpha value is -0.313. The van der Waals surface area contributed by atoms with Crippen LogP contribution in [0.5, 0.6) is 0 Å². The number of amides is 1. The lowest BCUT2D eigenvalue weighted by Crippen LogP contribution is -2.45. The molecule has 2 nitrogen and oxygen atoms in total. The Bertz CT molecular complexity index is 261. The van der Waals surface area contributed by atoms with Gasteiger partial charge in [-0.3, -0.25) is 4.79 Å². The minimum absolute atomic E-state index is 0.266. The largest absolute Gasteiger partial charge is 0.382 e. The van der Waals surface area contributed by atoms with Crippen molar-refractivity contribution in [3.63, 3.8) is 0 Å². The van der Waals surface area contributed by atoms with Crippen LogP contribution >= 0.6 is 0 Å². The summed E-state index contributed by atoms with van der Waals surface area (Å²) in [6.07, 6.45) is 18.4. The van der Waals surface area contributed by atoms with Gasteiger partial charge < -0.3 is 4.98 Å². The lowest BCUT2D eigenvalue weighted by Gasteiger charge is -2.17. The number of unbranched alkanes of at least 4 members (excludes halogenated alkanes) is 12. The molecule has 0 heterocycles. The highest BCUT2D eigenvalue weighted by Crippen LogP contribution is 2.13. The molecule has 0 aliphatic heterocycles. The normalized spacial score (nSPS) is 11.6. The van der Waals surface area contributed by atoms with Gasteiger partial charge in [-0.15, -0.1) is 0 Å². The zero-order valence-corrected chi connectivity index (χ0v) is 16.8. The molecule has 0 aliphatic carbocycles. The maximum absolute atomic E-state index is 11.7. The number of hydrogen-bond donors (Lipinski definition) is 1. The van der Waals surface area contributed by atoms with Gasteiger partial charge in [0.25, 0.3) is 0 Å². The second-order valence-electron chi connectivity index (χ2n) is 7.79. The number of rotatable bonds is 15. The molecule has 0 aromatic heterocycles. The predicted octanol–water partition coefficient (Wildman–Crippen LogP) is 6.42. The SMILES string of the molecule is CCCCCCCCCCCCCCCC(=O)N[Si](C)(C)C. The monoisotopic (exact) mass is 327 g/mol. The van der Waals surface area contributed by atoms with E-state index in [1.165, 1.54) is 77.0 Å². The van der Waals surface area contributed by atoms with Gasteiger partial charge in [0.1, 0.15) is 8.24 Å². The maximum Gasteiger partial charge on any atom is 0.212 e. The molecule has 1 amide bonds. The van der Waals surface area contributed by atoms with Crippen LogP contribution in [0.15, 0.2) is 0 Å². The van der Waals surface area contributed by atoms with Gasteiger partial charge in [-0.1, -0.05) is 104 Å². The molecule has 0 unspecified atom stereocenters. The summed E-state index contributed by atoms with van der Waals surface area (Å²) in [7, 11) is -1.42. The molecule has 0 rings (SSSR count). The number of carbonyl (C=O) groups is 1. The molecule has 0 aliphatic rings. The number of hydrogen-bond acceptors (Lipinski definition) is 1. The minimum Gasteiger partial charge on any atom is -0.382 e. The van der Waals surface area contributed by atoms with E-state index in [4.69, 9.17) is 0 Å². The highest BCUT2D eigenvalue weighted by atomic mass is 28.3. The second kappa shape index (κ2) is 14.3. The fraction of sp³-hybridized carbons (Fsp3) is 0.947. The molecule has 0 saturated carbocycles. The summed E-state index contributed by atoms with van der Waals surface area (Å²) in [5.74, 6) is 0.266. The van der Waals surface area contributed by atoms with Gasteiger partial charge in [0.05, 0.1) is 0 Å². The van der Waals surface area contributed by atoms with Crippen molar-refractivity contribution in [3.05, 3.63) is 0 Å². The van der Waals surface area contributed by atoms with E-state index >= 15 is 0 Å². The maximum atomic E-state index is 11.7. The van der Waals surface area contributed by atoms with Gasteiger partial charge in [-0.2, -0.15) is 0 Å². The fourth-order valence-electron chi connectivity index (χ4n) is 2.78. The van der Waals surface area contributed by atoms with Gasteiger partial charge in [0, 0.05) is 6.42 Å². The molecule has 0 fully saturated rings. The molecular weight excluding hydrogens is 286 g/mol. The Balaban J connectivity index is 3.16. The topological polar surface area (TPSA) is 29.1 Å². The zero-order chi connectivity index (χ0) is 16.7. The minimum atomic E-state index is -1.42. The van der Waals surface area contributed by atoms with E-state index in [2.05, 4.69) is 31.5 Å². The van der Waals surface area contributed by atoms with Crippen molar-refractivity contribution >= 4 is 14.1 Å². The van der Waals surface area contributed by atoms with Crippen LogP contribution < -0.4 is 4.98 Å². The molecule has 0 bridgehead atoms. The van der Waals surface area contributed by atoms with E-state index in [1.54, 1.807) is 0 Å². The van der Waals surface area contributed by atoms with E-state index in [-0.39, 0.29) is 5.91 Å². The number of carbonyl (C=O) groups excluding carboxylic acids is 1. The van der Waals surface area contributed by atoms with Crippen LogP contribution in [0, 0.1) is 0 Å². The van der Waals surface area contributed by atoms with Crippen molar-refractivity contribution < 1.29 is 4.79 Å². The summed E-state index contributed by atoms with van der Waals surface area (Å²) >= 11 is 0. The van der Waals surface area contributed by atoms with Crippen molar-refractivity contribution in [1.82, 2.24) is 4.98 Å². The Labute approximate surface area is 140 Å². The van der Waals surface area contributed by atoms with Crippen LogP contribution in [0.4, 0.5) is 0 Å². The predicted molar refractivity (Wildman–Crippen MR) is 102 cm³/mol. The Kier molecular flexibility index (Phi) is 14.1. The smallest absolute Gasteiger partial charge is 0.212 e. The summed E-state index contributed by atoms with van der Waals surface area (Å²) < 4.78 is 0. The molecule has 0 saturated heterocycles. The summed E-state index contributed by atoms with van der Waals surface area (Å²) in [6, 6.07) is 0. The van der Waals surface area contributed by atoms with Gasteiger partial charge in [-0.05, 0) is 6.42 Å². The van der Waals surface area contributed by atoms with Crippen molar-refractivity contribution in [1.29, 1.82) is 0 Å². The average molecular weight is 328 g/mol. The van der Waals surface area contributed by atoms with Crippen LogP contribution in [0.25, 0.3) is 0 Å². The average Bonchev–Trinajstić information content (AvgIpc) is 2.42. The van der Waals surface area contributed by atoms with Crippen molar-refractivity contribution in [2.75, 3.05) is 0 Å². The van der Waals surface area contributed by atoms with Gasteiger partial charge in [-0.25, -0.2) is 0 Å². The Morgan fingerprint density at radius 3 is 1.41 bits per heavy atom. The van der Waals surface area contributed by atoms with Gasteiger partial charge in [0.15, 0.2) is 0 Å². The first-order valence-electron chi connectivity index (χ1n) is 9.76. The third-order valence-electron chi connectivity index (χ3n) is 4.02. The lowest BCUT2D eigenvalue weighted by atomic mass is 10.0. The highest BCUT2D eigenvalue weighted by molar-refractivity contribution is 6.75. The molecule has 1 N–H and O–H groups in total. The van der Waals surface area contributed by atoms with Crippen LogP contribution in [-0.2, 0) is 4.79 Å². The fourth-order valence-corrected chi connectivity index (χ4v) is 3.75. The first-order chi connectivity index (χ1) is 10.5. The zero-order valence-electron chi connectivity index (χ0n) is 15.8.